The van der Waals surface area contributed by atoms with E-state index in [-0.39, 0.29) is 12.1 Å². The quantitative estimate of drug-likeness (QED) is 0.697. The second-order valence-electron chi connectivity index (χ2n) is 8.06. The van der Waals surface area contributed by atoms with Gasteiger partial charge in [0.25, 0.3) is 0 Å². The van der Waals surface area contributed by atoms with Crippen molar-refractivity contribution in [1.29, 1.82) is 0 Å². The number of thiocarbonyl (C=S) groups is 1. The first-order valence-electron chi connectivity index (χ1n) is 10.8. The van der Waals surface area contributed by atoms with Crippen LogP contribution >= 0.6 is 12.2 Å². The SMILES string of the molecule is C[C@@H]1[C@H](c2ccccc2)OCCN1C(=S)Nc1ccc(S(=O)(=O)N2CCCCC2)cc1. The molecule has 31 heavy (non-hydrogen) atoms. The number of hydrogen-bond acceptors (Lipinski definition) is 4. The molecule has 2 aromatic carbocycles. The highest BCUT2D eigenvalue weighted by molar-refractivity contribution is 7.89. The molecule has 2 atom stereocenters. The molecule has 2 aliphatic heterocycles. The smallest absolute Gasteiger partial charge is 0.243 e. The third-order valence-electron chi connectivity index (χ3n) is 6.01. The summed E-state index contributed by atoms with van der Waals surface area (Å²) in [7, 11) is -3.43. The topological polar surface area (TPSA) is 61.9 Å². The lowest BCUT2D eigenvalue weighted by Gasteiger charge is -2.41. The van der Waals surface area contributed by atoms with Gasteiger partial charge >= 0.3 is 0 Å². The maximum Gasteiger partial charge on any atom is 0.243 e. The Hall–Kier alpha value is -2.00. The fourth-order valence-corrected chi connectivity index (χ4v) is 6.14. The van der Waals surface area contributed by atoms with E-state index in [4.69, 9.17) is 17.0 Å². The van der Waals surface area contributed by atoms with E-state index in [2.05, 4.69) is 29.3 Å². The molecule has 2 fully saturated rings. The average molecular weight is 460 g/mol. The monoisotopic (exact) mass is 459 g/mol. The zero-order valence-electron chi connectivity index (χ0n) is 17.7. The summed E-state index contributed by atoms with van der Waals surface area (Å²) in [4.78, 5) is 2.46. The highest BCUT2D eigenvalue weighted by atomic mass is 32.2. The van der Waals surface area contributed by atoms with Crippen molar-refractivity contribution >= 4 is 33.0 Å². The molecule has 6 nitrogen and oxygen atoms in total. The van der Waals surface area contributed by atoms with E-state index in [0.717, 1.165) is 30.5 Å². The van der Waals surface area contributed by atoms with Gasteiger partial charge in [-0.05, 0) is 61.8 Å². The van der Waals surface area contributed by atoms with Gasteiger partial charge in [-0.25, -0.2) is 8.42 Å². The molecule has 0 spiro atoms. The zero-order chi connectivity index (χ0) is 21.8. The molecule has 166 valence electrons. The summed E-state index contributed by atoms with van der Waals surface area (Å²) in [5.74, 6) is 0. The van der Waals surface area contributed by atoms with Crippen LogP contribution in [0.3, 0.4) is 0 Å². The van der Waals surface area contributed by atoms with Gasteiger partial charge in [0.2, 0.25) is 10.0 Å². The normalized spacial score (nSPS) is 22.8. The molecule has 0 saturated carbocycles. The van der Waals surface area contributed by atoms with Crippen LogP contribution in [0.4, 0.5) is 5.69 Å². The number of hydrogen-bond donors (Lipinski definition) is 1. The molecule has 0 aromatic heterocycles. The number of nitrogens with one attached hydrogen (secondary N) is 1. The van der Waals surface area contributed by atoms with Gasteiger partial charge < -0.3 is 15.0 Å². The summed E-state index contributed by atoms with van der Waals surface area (Å²) >= 11 is 5.68. The van der Waals surface area contributed by atoms with Crippen LogP contribution in [0.25, 0.3) is 0 Å². The molecular formula is C23H29N3O3S2. The molecule has 2 aliphatic rings. The maximum absolute atomic E-state index is 12.8. The van der Waals surface area contributed by atoms with Crippen molar-refractivity contribution in [2.75, 3.05) is 31.6 Å². The highest BCUT2D eigenvalue weighted by Gasteiger charge is 2.31. The van der Waals surface area contributed by atoms with Crippen LogP contribution in [0.1, 0.15) is 37.9 Å². The molecule has 1 N–H and O–H groups in total. The van der Waals surface area contributed by atoms with Crippen LogP contribution in [0.2, 0.25) is 0 Å². The Bertz CT molecular complexity index is 990. The van der Waals surface area contributed by atoms with Crippen LogP contribution in [0.15, 0.2) is 59.5 Å². The molecule has 0 unspecified atom stereocenters. The van der Waals surface area contributed by atoms with Crippen LogP contribution in [0, 0.1) is 0 Å². The van der Waals surface area contributed by atoms with Crippen molar-refractivity contribution in [2.45, 2.75) is 43.2 Å². The van der Waals surface area contributed by atoms with Gasteiger partial charge in [-0.1, -0.05) is 36.8 Å². The summed E-state index contributed by atoms with van der Waals surface area (Å²) in [5.41, 5.74) is 1.91. The van der Waals surface area contributed by atoms with Crippen LogP contribution in [0.5, 0.6) is 0 Å². The highest BCUT2D eigenvalue weighted by Crippen LogP contribution is 2.29. The molecule has 4 rings (SSSR count). The summed E-state index contributed by atoms with van der Waals surface area (Å²) in [6, 6.07) is 17.1. The molecule has 0 bridgehead atoms. The Morgan fingerprint density at radius 1 is 1.00 bits per heavy atom. The van der Waals surface area contributed by atoms with Crippen molar-refractivity contribution in [3.8, 4) is 0 Å². The van der Waals surface area contributed by atoms with Gasteiger partial charge in [-0.3, -0.25) is 0 Å². The third-order valence-corrected chi connectivity index (χ3v) is 8.26. The predicted octanol–water partition coefficient (Wildman–Crippen LogP) is 4.02. The Morgan fingerprint density at radius 3 is 2.35 bits per heavy atom. The molecule has 8 heteroatoms. The number of nitrogens with zero attached hydrogens (tertiary/aromatic N) is 2. The predicted molar refractivity (Wildman–Crippen MR) is 127 cm³/mol. The molecular weight excluding hydrogens is 430 g/mol. The first kappa shape index (κ1) is 22.2. The van der Waals surface area contributed by atoms with Gasteiger partial charge in [0, 0.05) is 25.3 Å². The number of sulfonamides is 1. The van der Waals surface area contributed by atoms with E-state index < -0.39 is 10.0 Å². The largest absolute Gasteiger partial charge is 0.370 e. The van der Waals surface area contributed by atoms with E-state index >= 15 is 0 Å². The lowest BCUT2D eigenvalue weighted by molar-refractivity contribution is -0.0404. The number of rotatable bonds is 4. The van der Waals surface area contributed by atoms with E-state index in [1.54, 1.807) is 28.6 Å². The zero-order valence-corrected chi connectivity index (χ0v) is 19.4. The van der Waals surface area contributed by atoms with Gasteiger partial charge in [0.15, 0.2) is 5.11 Å². The van der Waals surface area contributed by atoms with Crippen molar-refractivity contribution in [3.05, 3.63) is 60.2 Å². The number of piperidine rings is 1. The molecule has 2 aromatic rings. The minimum Gasteiger partial charge on any atom is -0.370 e. The Morgan fingerprint density at radius 2 is 1.68 bits per heavy atom. The summed E-state index contributed by atoms with van der Waals surface area (Å²) in [6.07, 6.45) is 2.90. The number of anilines is 1. The minimum absolute atomic E-state index is 0.0493. The van der Waals surface area contributed by atoms with Crippen molar-refractivity contribution in [2.24, 2.45) is 0 Å². The van der Waals surface area contributed by atoms with Crippen molar-refractivity contribution in [1.82, 2.24) is 9.21 Å². The minimum atomic E-state index is -3.43. The summed E-state index contributed by atoms with van der Waals surface area (Å²) in [6.45, 7) is 4.61. The van der Waals surface area contributed by atoms with Gasteiger partial charge in [-0.15, -0.1) is 0 Å². The van der Waals surface area contributed by atoms with Crippen LogP contribution in [-0.2, 0) is 14.8 Å². The maximum atomic E-state index is 12.8. The molecule has 2 saturated heterocycles. The van der Waals surface area contributed by atoms with Gasteiger partial charge in [0.1, 0.15) is 6.10 Å². The second kappa shape index (κ2) is 9.65. The number of benzene rings is 2. The Balaban J connectivity index is 1.42. The molecule has 2 heterocycles. The Labute approximate surface area is 190 Å². The summed E-state index contributed by atoms with van der Waals surface area (Å²) in [5, 5.41) is 3.88. The van der Waals surface area contributed by atoms with E-state index in [0.29, 0.717) is 36.2 Å². The number of ether oxygens (including phenoxy) is 1. The first-order chi connectivity index (χ1) is 15.0. The third kappa shape index (κ3) is 4.92. The van der Waals surface area contributed by atoms with Crippen molar-refractivity contribution in [3.63, 3.8) is 0 Å². The standard InChI is InChI=1S/C23H29N3O3S2/c1-18-22(19-8-4-2-5-9-19)29-17-16-26(18)23(30)24-20-10-12-21(13-11-20)31(27,28)25-14-6-3-7-15-25/h2,4-5,8-13,18,22H,3,6-7,14-17H2,1H3,(H,24,30)/t18-,22-/m1/s1. The number of morpholine rings is 1. The van der Waals surface area contributed by atoms with Crippen LogP contribution in [-0.4, -0.2) is 55.0 Å². The second-order valence-corrected chi connectivity index (χ2v) is 10.4. The van der Waals surface area contributed by atoms with Gasteiger partial charge in [-0.2, -0.15) is 4.31 Å². The molecule has 0 radical (unpaired) electrons. The van der Waals surface area contributed by atoms with E-state index in [1.165, 1.54) is 0 Å². The average Bonchev–Trinajstić information content (AvgIpc) is 2.80. The fraction of sp³-hybridized carbons (Fsp3) is 0.435. The van der Waals surface area contributed by atoms with E-state index in [9.17, 15) is 8.42 Å². The van der Waals surface area contributed by atoms with E-state index in [1.807, 2.05) is 18.2 Å². The molecule has 0 amide bonds. The Kier molecular flexibility index (Phi) is 6.91. The van der Waals surface area contributed by atoms with Crippen LogP contribution < -0.4 is 5.32 Å². The lowest BCUT2D eigenvalue weighted by Crippen LogP contribution is -2.50. The first-order valence-corrected chi connectivity index (χ1v) is 12.7. The summed E-state index contributed by atoms with van der Waals surface area (Å²) < 4.78 is 33.3. The fourth-order valence-electron chi connectivity index (χ4n) is 4.25. The molecule has 0 aliphatic carbocycles. The lowest BCUT2D eigenvalue weighted by atomic mass is 10.0. The van der Waals surface area contributed by atoms with Crippen molar-refractivity contribution < 1.29 is 13.2 Å². The van der Waals surface area contributed by atoms with Gasteiger partial charge in [0.05, 0.1) is 17.5 Å².